The average molecular weight is 392 g/mol. The number of amides is 1. The van der Waals surface area contributed by atoms with Gasteiger partial charge in [-0.2, -0.15) is 0 Å². The van der Waals surface area contributed by atoms with E-state index in [-0.39, 0.29) is 10.9 Å². The first-order chi connectivity index (χ1) is 12.7. The van der Waals surface area contributed by atoms with Crippen LogP contribution in [0.4, 0.5) is 5.69 Å². The first-order valence-corrected chi connectivity index (χ1v) is 8.74. The summed E-state index contributed by atoms with van der Waals surface area (Å²) in [5.74, 6) is -0.537. The van der Waals surface area contributed by atoms with Crippen LogP contribution >= 0.6 is 11.6 Å². The summed E-state index contributed by atoms with van der Waals surface area (Å²) in [7, 11) is 1.47. The largest absolute Gasteiger partial charge is 0.493 e. The van der Waals surface area contributed by atoms with Gasteiger partial charge in [0.15, 0.2) is 11.5 Å². The summed E-state index contributed by atoms with van der Waals surface area (Å²) in [5.41, 5.74) is 0.473. The molecule has 2 aromatic rings. The van der Waals surface area contributed by atoms with Crippen molar-refractivity contribution in [2.45, 2.75) is 26.2 Å². The smallest absolute Gasteiger partial charge is 0.313 e. The van der Waals surface area contributed by atoms with Crippen LogP contribution in [0.25, 0.3) is 0 Å². The number of ether oxygens (including phenoxy) is 2. The molecule has 0 unspecified atom stereocenters. The van der Waals surface area contributed by atoms with Crippen LogP contribution in [0.5, 0.6) is 11.5 Å². The van der Waals surface area contributed by atoms with Gasteiger partial charge in [0, 0.05) is 11.3 Å². The molecule has 2 N–H and O–H groups in total. The highest BCUT2D eigenvalue weighted by Gasteiger charge is 2.29. The fourth-order valence-electron chi connectivity index (χ4n) is 2.43. The molecule has 7 heteroatoms. The maximum Gasteiger partial charge on any atom is 0.313 e. The van der Waals surface area contributed by atoms with Gasteiger partial charge < -0.3 is 19.9 Å². The van der Waals surface area contributed by atoms with Crippen LogP contribution in [0.1, 0.15) is 36.7 Å². The minimum absolute atomic E-state index is 0.278. The van der Waals surface area contributed by atoms with E-state index in [9.17, 15) is 14.7 Å². The Bertz CT molecular complexity index is 846. The second-order valence-electron chi connectivity index (χ2n) is 6.38. The maximum atomic E-state index is 12.5. The molecule has 0 heterocycles. The van der Waals surface area contributed by atoms with Gasteiger partial charge in [-0.05, 0) is 50.6 Å². The number of hydrogen-bond donors (Lipinski definition) is 2. The summed E-state index contributed by atoms with van der Waals surface area (Å²) < 4.78 is 10.7. The van der Waals surface area contributed by atoms with Gasteiger partial charge in [0.05, 0.1) is 24.2 Å². The van der Waals surface area contributed by atoms with Gasteiger partial charge in [0.25, 0.3) is 5.91 Å². The third-order valence-electron chi connectivity index (χ3n) is 4.18. The van der Waals surface area contributed by atoms with Crippen molar-refractivity contribution < 1.29 is 24.2 Å². The summed E-state index contributed by atoms with van der Waals surface area (Å²) >= 11 is 6.20. The van der Waals surface area contributed by atoms with Crippen molar-refractivity contribution >= 4 is 29.2 Å². The summed E-state index contributed by atoms with van der Waals surface area (Å²) in [6, 6.07) is 9.72. The molecule has 0 bridgehead atoms. The number of carbonyl (C=O) groups is 2. The van der Waals surface area contributed by atoms with Gasteiger partial charge in [-0.3, -0.25) is 9.59 Å². The molecule has 0 aliphatic rings. The molecule has 0 saturated heterocycles. The van der Waals surface area contributed by atoms with Gasteiger partial charge in [0.2, 0.25) is 0 Å². The monoisotopic (exact) mass is 391 g/mol. The molecule has 144 valence electrons. The Morgan fingerprint density at radius 1 is 1.19 bits per heavy atom. The molecule has 0 aliphatic carbocycles. The first kappa shape index (κ1) is 20.6. The number of aliphatic carboxylic acids is 1. The molecule has 0 atom stereocenters. The normalized spacial score (nSPS) is 11.0. The highest BCUT2D eigenvalue weighted by molar-refractivity contribution is 6.32. The van der Waals surface area contributed by atoms with Gasteiger partial charge >= 0.3 is 5.97 Å². The van der Waals surface area contributed by atoms with Crippen molar-refractivity contribution in [3.05, 3.63) is 52.5 Å². The Morgan fingerprint density at radius 2 is 1.81 bits per heavy atom. The van der Waals surface area contributed by atoms with E-state index in [4.69, 9.17) is 21.1 Å². The number of halogens is 1. The van der Waals surface area contributed by atoms with E-state index in [1.54, 1.807) is 44.2 Å². The molecule has 0 spiro atoms. The van der Waals surface area contributed by atoms with Crippen molar-refractivity contribution in [2.75, 3.05) is 19.0 Å². The van der Waals surface area contributed by atoms with E-state index in [2.05, 4.69) is 5.32 Å². The lowest BCUT2D eigenvalue weighted by Crippen LogP contribution is -2.28. The summed E-state index contributed by atoms with van der Waals surface area (Å²) in [6.07, 6.45) is 0. The van der Waals surface area contributed by atoms with Gasteiger partial charge in [-0.25, -0.2) is 0 Å². The Balaban J connectivity index is 2.22. The van der Waals surface area contributed by atoms with Crippen molar-refractivity contribution in [1.29, 1.82) is 0 Å². The number of rotatable bonds is 7. The highest BCUT2D eigenvalue weighted by Crippen LogP contribution is 2.36. The predicted molar refractivity (Wildman–Crippen MR) is 104 cm³/mol. The van der Waals surface area contributed by atoms with Crippen LogP contribution in [0.15, 0.2) is 36.4 Å². The fraction of sp³-hybridized carbons (Fsp3) is 0.300. The standard InChI is InChI=1S/C20H22ClNO5/c1-5-27-17-15(21)10-12(11-16(17)26-4)18(23)22-14-8-6-13(7-9-14)20(2,3)19(24)25/h6-11H,5H2,1-4H3,(H,22,23)(H,24,25). The molecule has 0 fully saturated rings. The maximum absolute atomic E-state index is 12.5. The molecule has 2 aromatic carbocycles. The quantitative estimate of drug-likeness (QED) is 0.732. The lowest BCUT2D eigenvalue weighted by Gasteiger charge is -2.20. The van der Waals surface area contributed by atoms with Gasteiger partial charge in [0.1, 0.15) is 0 Å². The molecule has 2 rings (SSSR count). The number of methoxy groups -OCH3 is 1. The first-order valence-electron chi connectivity index (χ1n) is 8.36. The SMILES string of the molecule is CCOc1c(Cl)cc(C(=O)Nc2ccc(C(C)(C)C(=O)O)cc2)cc1OC. The van der Waals surface area contributed by atoms with E-state index < -0.39 is 11.4 Å². The Labute approximate surface area is 163 Å². The fourth-order valence-corrected chi connectivity index (χ4v) is 2.70. The Hall–Kier alpha value is -2.73. The lowest BCUT2D eigenvalue weighted by molar-refractivity contribution is -0.142. The molecule has 0 aliphatic heterocycles. The molecular weight excluding hydrogens is 370 g/mol. The van der Waals surface area contributed by atoms with Crippen LogP contribution in [0.3, 0.4) is 0 Å². The zero-order chi connectivity index (χ0) is 20.2. The summed E-state index contributed by atoms with van der Waals surface area (Å²) in [6.45, 7) is 5.49. The zero-order valence-electron chi connectivity index (χ0n) is 15.6. The number of benzene rings is 2. The summed E-state index contributed by atoms with van der Waals surface area (Å²) in [5, 5.41) is 12.3. The van der Waals surface area contributed by atoms with Crippen LogP contribution in [-0.4, -0.2) is 30.7 Å². The summed E-state index contributed by atoms with van der Waals surface area (Å²) in [4.78, 5) is 23.9. The van der Waals surface area contributed by atoms with E-state index >= 15 is 0 Å². The minimum atomic E-state index is -1.02. The minimum Gasteiger partial charge on any atom is -0.493 e. The molecule has 0 saturated carbocycles. The van der Waals surface area contributed by atoms with Crippen LogP contribution < -0.4 is 14.8 Å². The van der Waals surface area contributed by atoms with Crippen molar-refractivity contribution in [1.82, 2.24) is 0 Å². The van der Waals surface area contributed by atoms with E-state index in [1.807, 2.05) is 6.92 Å². The number of nitrogens with one attached hydrogen (secondary N) is 1. The molecule has 6 nitrogen and oxygen atoms in total. The number of anilines is 1. The van der Waals surface area contributed by atoms with Crippen LogP contribution in [0, 0.1) is 0 Å². The molecule has 0 aromatic heterocycles. The lowest BCUT2D eigenvalue weighted by atomic mass is 9.85. The average Bonchev–Trinajstić information content (AvgIpc) is 2.63. The topological polar surface area (TPSA) is 84.9 Å². The van der Waals surface area contributed by atoms with E-state index in [0.717, 1.165) is 0 Å². The van der Waals surface area contributed by atoms with Crippen molar-refractivity contribution in [3.8, 4) is 11.5 Å². The predicted octanol–water partition coefficient (Wildman–Crippen LogP) is 4.36. The third-order valence-corrected chi connectivity index (χ3v) is 4.46. The Morgan fingerprint density at radius 3 is 2.33 bits per heavy atom. The van der Waals surface area contributed by atoms with Gasteiger partial charge in [-0.1, -0.05) is 23.7 Å². The van der Waals surface area contributed by atoms with Gasteiger partial charge in [-0.15, -0.1) is 0 Å². The number of carbonyl (C=O) groups excluding carboxylic acids is 1. The Kier molecular flexibility index (Phi) is 6.33. The number of carboxylic acids is 1. The number of hydrogen-bond acceptors (Lipinski definition) is 4. The molecular formula is C20H22ClNO5. The number of carboxylic acid groups (broad SMARTS) is 1. The van der Waals surface area contributed by atoms with E-state index in [1.165, 1.54) is 13.2 Å². The zero-order valence-corrected chi connectivity index (χ0v) is 16.4. The van der Waals surface area contributed by atoms with E-state index in [0.29, 0.717) is 34.9 Å². The highest BCUT2D eigenvalue weighted by atomic mass is 35.5. The second kappa shape index (κ2) is 8.31. The van der Waals surface area contributed by atoms with Crippen molar-refractivity contribution in [2.24, 2.45) is 0 Å². The molecule has 0 radical (unpaired) electrons. The van der Waals surface area contributed by atoms with Crippen LogP contribution in [0.2, 0.25) is 5.02 Å². The van der Waals surface area contributed by atoms with Crippen molar-refractivity contribution in [3.63, 3.8) is 0 Å². The molecule has 1 amide bonds. The molecule has 27 heavy (non-hydrogen) atoms. The second-order valence-corrected chi connectivity index (χ2v) is 6.79. The third kappa shape index (κ3) is 4.52. The van der Waals surface area contributed by atoms with Crippen LogP contribution in [-0.2, 0) is 10.2 Å².